The summed E-state index contributed by atoms with van der Waals surface area (Å²) in [5, 5.41) is 11.9. The molecule has 2 fully saturated rings. The van der Waals surface area contributed by atoms with Crippen molar-refractivity contribution in [3.63, 3.8) is 0 Å². The Balaban J connectivity index is 1.34. The molecule has 0 unspecified atom stereocenters. The van der Waals surface area contributed by atoms with E-state index in [4.69, 9.17) is 14.7 Å². The number of benzene rings is 2. The molecule has 3 aliphatic rings. The van der Waals surface area contributed by atoms with E-state index in [0.29, 0.717) is 44.8 Å². The molecule has 0 saturated carbocycles. The van der Waals surface area contributed by atoms with Gasteiger partial charge in [-0.3, -0.25) is 9.69 Å². The molecule has 0 bridgehead atoms. The molecule has 3 aliphatic heterocycles. The molecule has 0 aliphatic carbocycles. The molecule has 2 aromatic carbocycles. The number of likely N-dealkylation sites (N-methyl/N-ethyl adjacent to an activating group) is 1. The highest BCUT2D eigenvalue weighted by Gasteiger charge is 2.35. The Morgan fingerprint density at radius 1 is 1.11 bits per heavy atom. The van der Waals surface area contributed by atoms with Crippen molar-refractivity contribution in [2.45, 2.75) is 51.0 Å². The number of nitrogens with zero attached hydrogens (tertiary/aromatic N) is 7. The van der Waals surface area contributed by atoms with Gasteiger partial charge in [0.2, 0.25) is 0 Å². The highest BCUT2D eigenvalue weighted by atomic mass is 19.1. The number of anilines is 2. The largest absolute Gasteiger partial charge is 0.462 e. The van der Waals surface area contributed by atoms with Crippen LogP contribution < -0.4 is 14.5 Å². The fourth-order valence-corrected chi connectivity index (χ4v) is 6.82. The van der Waals surface area contributed by atoms with Crippen LogP contribution in [0.15, 0.2) is 48.8 Å². The van der Waals surface area contributed by atoms with E-state index < -0.39 is 23.9 Å². The summed E-state index contributed by atoms with van der Waals surface area (Å²) < 4.78 is 34.0. The monoisotopic (exact) mass is 601 g/mol. The van der Waals surface area contributed by atoms with Gasteiger partial charge in [-0.1, -0.05) is 36.9 Å². The van der Waals surface area contributed by atoms with Gasteiger partial charge in [-0.25, -0.2) is 8.78 Å². The molecule has 0 radical (unpaired) electrons. The van der Waals surface area contributed by atoms with Crippen LogP contribution in [0.25, 0.3) is 10.8 Å². The molecule has 0 N–H and O–H groups in total. The number of hydrogen-bond acceptors (Lipinski definition) is 8. The average molecular weight is 602 g/mol. The topological polar surface area (TPSA) is 88.8 Å². The van der Waals surface area contributed by atoms with Crippen LogP contribution in [0.2, 0.25) is 0 Å². The SMILES string of the molecule is C=C(F)C(=O)N1CCN(c2nc(OC[C@@H]3C[C@@H](F)CN3C)nc3c2CCN(c2cccc4cccc(C)c24)C3)C[C@@H]1CC#N. The minimum atomic E-state index is -1.03. The second kappa shape index (κ2) is 12.4. The Kier molecular flexibility index (Phi) is 8.36. The maximum Gasteiger partial charge on any atom is 0.318 e. The average Bonchev–Trinajstić information content (AvgIpc) is 3.35. The summed E-state index contributed by atoms with van der Waals surface area (Å²) in [5.41, 5.74) is 4.19. The standard InChI is InChI=1S/C33H37F2N7O2/c1-21-6-4-7-23-8-5-9-29(30(21)23)40-13-11-27-28(19-40)37-33(44-20-26-16-24(35)17-39(26)3)38-31(27)41-14-15-42(32(43)22(2)34)25(18-41)10-12-36/h4-9,24-26H,2,10-11,13-20H2,1,3H3/t24-,25+,26+/m1/s1. The zero-order chi connectivity index (χ0) is 31.0. The lowest BCUT2D eigenvalue weighted by Crippen LogP contribution is -2.55. The van der Waals surface area contributed by atoms with Crippen LogP contribution in [0.5, 0.6) is 6.01 Å². The number of likely N-dealkylation sites (tertiary alicyclic amines) is 1. The summed E-state index contributed by atoms with van der Waals surface area (Å²) in [6.07, 6.45) is 0.251. The number of alkyl halides is 1. The van der Waals surface area contributed by atoms with Gasteiger partial charge in [0.15, 0.2) is 5.83 Å². The molecular formula is C33H37F2N7O2. The second-order valence-electron chi connectivity index (χ2n) is 12.0. The zero-order valence-electron chi connectivity index (χ0n) is 25.2. The maximum absolute atomic E-state index is 14.0. The molecule has 3 atom stereocenters. The van der Waals surface area contributed by atoms with Gasteiger partial charge in [-0.2, -0.15) is 15.2 Å². The number of halogens is 2. The van der Waals surface area contributed by atoms with Crippen molar-refractivity contribution in [2.75, 3.05) is 56.2 Å². The predicted molar refractivity (Wildman–Crippen MR) is 165 cm³/mol. The third-order valence-corrected chi connectivity index (χ3v) is 9.10. The quantitative estimate of drug-likeness (QED) is 0.370. The number of ether oxygens (including phenoxy) is 1. The molecular weight excluding hydrogens is 564 g/mol. The van der Waals surface area contributed by atoms with Crippen LogP contribution in [-0.4, -0.2) is 90.3 Å². The molecule has 1 amide bonds. The smallest absolute Gasteiger partial charge is 0.318 e. The van der Waals surface area contributed by atoms with Gasteiger partial charge < -0.3 is 19.4 Å². The third-order valence-electron chi connectivity index (χ3n) is 9.10. The Bertz CT molecular complexity index is 1620. The van der Waals surface area contributed by atoms with Crippen LogP contribution in [0.1, 0.15) is 29.7 Å². The van der Waals surface area contributed by atoms with E-state index in [1.165, 1.54) is 21.2 Å². The van der Waals surface area contributed by atoms with Crippen molar-refractivity contribution >= 4 is 28.2 Å². The van der Waals surface area contributed by atoms with Crippen LogP contribution in [-0.2, 0) is 17.8 Å². The first kappa shape index (κ1) is 29.8. The van der Waals surface area contributed by atoms with Crippen molar-refractivity contribution in [3.05, 3.63) is 65.6 Å². The Morgan fingerprint density at radius 3 is 2.64 bits per heavy atom. The molecule has 2 saturated heterocycles. The van der Waals surface area contributed by atoms with Gasteiger partial charge in [0, 0.05) is 55.4 Å². The number of rotatable bonds is 7. The number of aromatic nitrogens is 2. The summed E-state index contributed by atoms with van der Waals surface area (Å²) in [7, 11) is 1.89. The Morgan fingerprint density at radius 2 is 1.91 bits per heavy atom. The highest BCUT2D eigenvalue weighted by Crippen LogP contribution is 2.36. The van der Waals surface area contributed by atoms with Crippen LogP contribution in [0.3, 0.4) is 0 Å². The van der Waals surface area contributed by atoms with Gasteiger partial charge in [0.25, 0.3) is 5.91 Å². The Hall–Kier alpha value is -4.30. The van der Waals surface area contributed by atoms with Crippen molar-refractivity contribution in [2.24, 2.45) is 0 Å². The molecule has 11 heteroatoms. The van der Waals surface area contributed by atoms with Crippen molar-refractivity contribution in [3.8, 4) is 12.1 Å². The lowest BCUT2D eigenvalue weighted by atomic mass is 9.99. The number of fused-ring (bicyclic) bond motifs is 2. The summed E-state index contributed by atoms with van der Waals surface area (Å²) in [4.78, 5) is 30.0. The summed E-state index contributed by atoms with van der Waals surface area (Å²) in [5.74, 6) is -1.12. The van der Waals surface area contributed by atoms with Gasteiger partial charge in [0.05, 0.1) is 30.8 Å². The van der Waals surface area contributed by atoms with E-state index in [2.05, 4.69) is 65.8 Å². The number of carbonyl (C=O) groups excluding carboxylic acids is 1. The maximum atomic E-state index is 14.0. The molecule has 9 nitrogen and oxygen atoms in total. The van der Waals surface area contributed by atoms with E-state index in [1.807, 2.05) is 11.9 Å². The predicted octanol–water partition coefficient (Wildman–Crippen LogP) is 4.34. The lowest BCUT2D eigenvalue weighted by Gasteiger charge is -2.42. The molecule has 6 rings (SSSR count). The normalized spacial score (nSPS) is 22.2. The number of amides is 1. The summed E-state index contributed by atoms with van der Waals surface area (Å²) in [6, 6.07) is 14.4. The van der Waals surface area contributed by atoms with Crippen LogP contribution in [0.4, 0.5) is 20.3 Å². The van der Waals surface area contributed by atoms with Gasteiger partial charge in [0.1, 0.15) is 18.6 Å². The molecule has 3 aromatic rings. The highest BCUT2D eigenvalue weighted by molar-refractivity contribution is 5.97. The minimum absolute atomic E-state index is 0.0543. The summed E-state index contributed by atoms with van der Waals surface area (Å²) >= 11 is 0. The van der Waals surface area contributed by atoms with E-state index in [9.17, 15) is 18.8 Å². The van der Waals surface area contributed by atoms with E-state index >= 15 is 0 Å². The van der Waals surface area contributed by atoms with Crippen LogP contribution in [0, 0.1) is 18.3 Å². The lowest BCUT2D eigenvalue weighted by molar-refractivity contribution is -0.131. The van der Waals surface area contributed by atoms with E-state index in [-0.39, 0.29) is 31.6 Å². The molecule has 230 valence electrons. The molecule has 1 aromatic heterocycles. The first-order chi connectivity index (χ1) is 21.2. The number of nitriles is 1. The van der Waals surface area contributed by atoms with Crippen molar-refractivity contribution < 1.29 is 18.3 Å². The van der Waals surface area contributed by atoms with Crippen molar-refractivity contribution in [1.29, 1.82) is 5.26 Å². The number of hydrogen-bond donors (Lipinski definition) is 0. The van der Waals surface area contributed by atoms with E-state index in [1.54, 1.807) is 0 Å². The first-order valence-corrected chi connectivity index (χ1v) is 15.1. The number of piperazine rings is 1. The fraction of sp³-hybridized carbons (Fsp3) is 0.455. The van der Waals surface area contributed by atoms with Gasteiger partial charge in [-0.05, 0) is 43.8 Å². The van der Waals surface area contributed by atoms with Gasteiger partial charge in [-0.15, -0.1) is 0 Å². The van der Waals surface area contributed by atoms with Gasteiger partial charge >= 0.3 is 6.01 Å². The Labute approximate surface area is 256 Å². The molecule has 0 spiro atoms. The summed E-state index contributed by atoms with van der Waals surface area (Å²) in [6.45, 7) is 8.18. The second-order valence-corrected chi connectivity index (χ2v) is 12.0. The van der Waals surface area contributed by atoms with E-state index in [0.717, 1.165) is 23.5 Å². The fourth-order valence-electron chi connectivity index (χ4n) is 6.82. The minimum Gasteiger partial charge on any atom is -0.462 e. The zero-order valence-corrected chi connectivity index (χ0v) is 25.2. The third kappa shape index (κ3) is 5.78. The van der Waals surface area contributed by atoms with Crippen LogP contribution >= 0.6 is 0 Å². The molecule has 44 heavy (non-hydrogen) atoms. The van der Waals surface area contributed by atoms with Crippen molar-refractivity contribution in [1.82, 2.24) is 19.8 Å². The number of aryl methyl sites for hydroxylation is 1. The first-order valence-electron chi connectivity index (χ1n) is 15.1. The number of carbonyl (C=O) groups is 1. The molecule has 4 heterocycles.